The Hall–Kier alpha value is -4.28. The summed E-state index contributed by atoms with van der Waals surface area (Å²) in [5.41, 5.74) is 5.94. The maximum atomic E-state index is 13.9. The zero-order valence-corrected chi connectivity index (χ0v) is 35.5. The van der Waals surface area contributed by atoms with Crippen LogP contribution < -0.4 is 37.6 Å². The van der Waals surface area contributed by atoms with Gasteiger partial charge in [0.05, 0.1) is 12.5 Å². The predicted molar refractivity (Wildman–Crippen MR) is 212 cm³/mol. The maximum absolute atomic E-state index is 13.9. The van der Waals surface area contributed by atoms with E-state index in [0.717, 1.165) is 0 Å². The van der Waals surface area contributed by atoms with Crippen molar-refractivity contribution in [1.29, 1.82) is 0 Å². The Balaban J connectivity index is 6.29. The first-order valence-electron chi connectivity index (χ1n) is 19.8. The lowest BCUT2D eigenvalue weighted by atomic mass is 9.97. The highest BCUT2D eigenvalue weighted by atomic mass is 16.4. The minimum Gasteiger partial charge on any atom is -0.481 e. The molecule has 322 valence electrons. The second-order valence-electron chi connectivity index (χ2n) is 17.2. The van der Waals surface area contributed by atoms with Crippen molar-refractivity contribution in [1.82, 2.24) is 31.9 Å². The van der Waals surface area contributed by atoms with Gasteiger partial charge in [-0.3, -0.25) is 33.6 Å². The minimum atomic E-state index is -1.54. The molecular weight excluding hydrogens is 726 g/mol. The summed E-state index contributed by atoms with van der Waals surface area (Å²) in [6, 6.07) is -8.33. The predicted octanol–water partition coefficient (Wildman–Crippen LogP) is 1.67. The van der Waals surface area contributed by atoms with Crippen LogP contribution in [0, 0.1) is 35.5 Å². The van der Waals surface area contributed by atoms with Gasteiger partial charge >= 0.3 is 11.9 Å². The number of rotatable bonds is 26. The fraction of sp³-hybridized carbons (Fsp3) is 0.795. The lowest BCUT2D eigenvalue weighted by Gasteiger charge is -2.29. The number of hydrogen-bond donors (Lipinski definition) is 9. The van der Waals surface area contributed by atoms with Gasteiger partial charge in [-0.05, 0) is 67.6 Å². The number of carboxylic acids is 2. The van der Waals surface area contributed by atoms with E-state index in [2.05, 4.69) is 31.9 Å². The SMILES string of the molecule is CC(C)C[C@H](NC(=O)[C@H](CC(C)C)NC(=O)[C@H](CC(C)C)NC(=O)[C@H](CC(C)C)NC(=O)[C@@H](NC(=O)[C@H](CC(=O)O)NC(=O)[C@@H](N)CC(C)C)C(C)C)C(=O)O. The van der Waals surface area contributed by atoms with Crippen molar-refractivity contribution >= 4 is 47.4 Å². The van der Waals surface area contributed by atoms with E-state index >= 15 is 0 Å². The van der Waals surface area contributed by atoms with Gasteiger partial charge in [0, 0.05) is 0 Å². The molecule has 17 heteroatoms. The lowest BCUT2D eigenvalue weighted by molar-refractivity contribution is -0.143. The highest BCUT2D eigenvalue weighted by Crippen LogP contribution is 2.14. The monoisotopic (exact) mass is 798 g/mol. The summed E-state index contributed by atoms with van der Waals surface area (Å²) in [5, 5.41) is 34.7. The molecule has 0 spiro atoms. The van der Waals surface area contributed by atoms with E-state index in [0.29, 0.717) is 6.42 Å². The van der Waals surface area contributed by atoms with Gasteiger partial charge in [-0.25, -0.2) is 4.79 Å². The Labute approximate surface area is 332 Å². The van der Waals surface area contributed by atoms with Crippen LogP contribution in [0.25, 0.3) is 0 Å². The Morgan fingerprint density at radius 3 is 1.04 bits per heavy atom. The van der Waals surface area contributed by atoms with Crippen molar-refractivity contribution in [3.8, 4) is 0 Å². The standard InChI is InChI=1S/C39H71N7O10/c1-19(2)13-25(40)33(49)41-29(18-31(47)48)37(53)46-32(24(11)12)38(54)44-28(16-22(7)8)35(51)42-26(14-20(3)4)34(50)43-27(15-21(5)6)36(52)45-30(39(55)56)17-23(9)10/h19-30,32H,13-18,40H2,1-12H3,(H,41,49)(H,42,51)(H,43,50)(H,44,54)(H,45,52)(H,46,53)(H,47,48)(H,55,56)/t25-,26-,27-,28-,29-,30-,32-/m0/s1. The first-order chi connectivity index (χ1) is 25.7. The normalized spacial score (nSPS) is 15.4. The number of nitrogens with one attached hydrogen (secondary N) is 6. The Kier molecular flexibility index (Phi) is 23.2. The van der Waals surface area contributed by atoms with Gasteiger partial charge in [0.25, 0.3) is 0 Å². The Morgan fingerprint density at radius 2 is 0.714 bits per heavy atom. The van der Waals surface area contributed by atoms with Crippen LogP contribution in [-0.4, -0.2) is 99.9 Å². The molecule has 0 aromatic heterocycles. The summed E-state index contributed by atoms with van der Waals surface area (Å²) in [5.74, 6) is -7.75. The first kappa shape index (κ1) is 51.7. The third-order valence-corrected chi connectivity index (χ3v) is 8.66. The molecule has 0 bridgehead atoms. The molecule has 0 aromatic rings. The molecule has 0 aliphatic heterocycles. The Morgan fingerprint density at radius 1 is 0.411 bits per heavy atom. The van der Waals surface area contributed by atoms with Crippen molar-refractivity contribution < 1.29 is 48.6 Å². The summed E-state index contributed by atoms with van der Waals surface area (Å²) in [4.78, 5) is 104. The van der Waals surface area contributed by atoms with Gasteiger partial charge in [-0.15, -0.1) is 0 Å². The van der Waals surface area contributed by atoms with Crippen LogP contribution in [0.4, 0.5) is 0 Å². The second-order valence-corrected chi connectivity index (χ2v) is 17.2. The topological polar surface area (TPSA) is 275 Å². The van der Waals surface area contributed by atoms with Crippen LogP contribution in [0.5, 0.6) is 0 Å². The fourth-order valence-electron chi connectivity index (χ4n) is 5.95. The zero-order chi connectivity index (χ0) is 43.6. The molecule has 0 saturated carbocycles. The molecule has 0 radical (unpaired) electrons. The van der Waals surface area contributed by atoms with E-state index in [1.807, 2.05) is 69.2 Å². The first-order valence-corrected chi connectivity index (χ1v) is 19.8. The summed E-state index contributed by atoms with van der Waals surface area (Å²) in [6.07, 6.45) is 0.221. The largest absolute Gasteiger partial charge is 0.481 e. The van der Waals surface area contributed by atoms with Crippen molar-refractivity contribution in [2.24, 2.45) is 41.2 Å². The lowest BCUT2D eigenvalue weighted by Crippen LogP contribution is -2.61. The summed E-state index contributed by atoms with van der Waals surface area (Å²) in [7, 11) is 0. The van der Waals surface area contributed by atoms with Crippen LogP contribution in [0.1, 0.15) is 122 Å². The van der Waals surface area contributed by atoms with Crippen LogP contribution in [-0.2, 0) is 38.4 Å². The number of amides is 6. The number of aliphatic carboxylic acids is 2. The molecule has 10 N–H and O–H groups in total. The molecule has 0 heterocycles. The molecule has 0 unspecified atom stereocenters. The molecule has 6 amide bonds. The average Bonchev–Trinajstić information content (AvgIpc) is 3.03. The maximum Gasteiger partial charge on any atom is 0.326 e. The number of hydrogen-bond acceptors (Lipinski definition) is 9. The molecule has 0 rings (SSSR count). The number of carbonyl (C=O) groups is 8. The third kappa shape index (κ3) is 20.6. The molecule has 0 fully saturated rings. The summed E-state index contributed by atoms with van der Waals surface area (Å²) in [6.45, 7) is 21.7. The molecule has 0 saturated heterocycles. The molecule has 0 aliphatic carbocycles. The van der Waals surface area contributed by atoms with Crippen LogP contribution >= 0.6 is 0 Å². The van der Waals surface area contributed by atoms with Gasteiger partial charge in [-0.1, -0.05) is 83.1 Å². The van der Waals surface area contributed by atoms with Gasteiger partial charge in [0.2, 0.25) is 35.4 Å². The second kappa shape index (κ2) is 25.1. The van der Waals surface area contributed by atoms with E-state index in [9.17, 15) is 48.6 Å². The van der Waals surface area contributed by atoms with Crippen LogP contribution in [0.3, 0.4) is 0 Å². The third-order valence-electron chi connectivity index (χ3n) is 8.66. The van der Waals surface area contributed by atoms with E-state index in [4.69, 9.17) is 5.73 Å². The van der Waals surface area contributed by atoms with Crippen LogP contribution in [0.2, 0.25) is 0 Å². The molecule has 17 nitrogen and oxygen atoms in total. The van der Waals surface area contributed by atoms with Crippen molar-refractivity contribution in [2.45, 2.75) is 164 Å². The van der Waals surface area contributed by atoms with E-state index in [1.54, 1.807) is 13.8 Å². The minimum absolute atomic E-state index is 0.0214. The molecule has 0 aliphatic rings. The summed E-state index contributed by atoms with van der Waals surface area (Å²) >= 11 is 0. The van der Waals surface area contributed by atoms with Crippen LogP contribution in [0.15, 0.2) is 0 Å². The fourth-order valence-corrected chi connectivity index (χ4v) is 5.95. The highest BCUT2D eigenvalue weighted by molar-refractivity contribution is 5.97. The van der Waals surface area contributed by atoms with Gasteiger partial charge in [-0.2, -0.15) is 0 Å². The quantitative estimate of drug-likeness (QED) is 0.0607. The van der Waals surface area contributed by atoms with Gasteiger partial charge < -0.3 is 47.8 Å². The number of nitrogens with two attached hydrogens (primary N) is 1. The zero-order valence-electron chi connectivity index (χ0n) is 35.5. The number of carbonyl (C=O) groups excluding carboxylic acids is 6. The van der Waals surface area contributed by atoms with Gasteiger partial charge in [0.1, 0.15) is 36.3 Å². The average molecular weight is 798 g/mol. The molecule has 7 atom stereocenters. The van der Waals surface area contributed by atoms with E-state index in [1.165, 1.54) is 0 Å². The van der Waals surface area contributed by atoms with Crippen molar-refractivity contribution in [2.75, 3.05) is 0 Å². The molecule has 0 aromatic carbocycles. The van der Waals surface area contributed by atoms with Gasteiger partial charge in [0.15, 0.2) is 0 Å². The molecular formula is C39H71N7O10. The highest BCUT2D eigenvalue weighted by Gasteiger charge is 2.35. The van der Waals surface area contributed by atoms with E-state index in [-0.39, 0.29) is 55.3 Å². The molecule has 56 heavy (non-hydrogen) atoms. The summed E-state index contributed by atoms with van der Waals surface area (Å²) < 4.78 is 0. The smallest absolute Gasteiger partial charge is 0.326 e. The number of carboxylic acid groups (broad SMARTS) is 2. The van der Waals surface area contributed by atoms with Crippen molar-refractivity contribution in [3.05, 3.63) is 0 Å². The van der Waals surface area contributed by atoms with E-state index < -0.39 is 102 Å². The Bertz CT molecular complexity index is 1330. The van der Waals surface area contributed by atoms with Crippen molar-refractivity contribution in [3.63, 3.8) is 0 Å².